The van der Waals surface area contributed by atoms with E-state index in [1.165, 1.54) is 12.1 Å². The average Bonchev–Trinajstić information content (AvgIpc) is 3.04. The fraction of sp³-hybridized carbons (Fsp3) is 0.176. The second-order valence-corrected chi connectivity index (χ2v) is 6.11. The summed E-state index contributed by atoms with van der Waals surface area (Å²) in [6.45, 7) is 0.325. The molecule has 0 aromatic heterocycles. The highest BCUT2D eigenvalue weighted by Gasteiger charge is 2.28. The van der Waals surface area contributed by atoms with Crippen molar-refractivity contribution in [3.05, 3.63) is 69.9 Å². The molecule has 2 aromatic carbocycles. The number of rotatable bonds is 4. The van der Waals surface area contributed by atoms with Crippen LogP contribution in [0, 0.1) is 5.82 Å². The van der Waals surface area contributed by atoms with Gasteiger partial charge in [0.05, 0.1) is 5.71 Å². The molecule has 1 atom stereocenters. The third-order valence-corrected chi connectivity index (χ3v) is 3.99. The molecule has 0 spiro atoms. The van der Waals surface area contributed by atoms with Crippen molar-refractivity contribution in [3.8, 4) is 0 Å². The van der Waals surface area contributed by atoms with Crippen LogP contribution < -0.4 is 5.32 Å². The van der Waals surface area contributed by atoms with E-state index in [4.69, 9.17) is 4.84 Å². The molecule has 3 rings (SSSR count). The van der Waals surface area contributed by atoms with Crippen molar-refractivity contribution < 1.29 is 14.0 Å². The van der Waals surface area contributed by atoms with Crippen molar-refractivity contribution in [2.75, 3.05) is 0 Å². The van der Waals surface area contributed by atoms with E-state index in [1.54, 1.807) is 12.1 Å². The Bertz CT molecular complexity index is 747. The number of oxime groups is 1. The number of hydrogen-bond donors (Lipinski definition) is 1. The lowest BCUT2D eigenvalue weighted by Gasteiger charge is -2.09. The Hall–Kier alpha value is -2.21. The maximum Gasteiger partial charge on any atom is 0.264 e. The monoisotopic (exact) mass is 376 g/mol. The van der Waals surface area contributed by atoms with Crippen LogP contribution >= 0.6 is 15.9 Å². The second-order valence-electron chi connectivity index (χ2n) is 5.19. The molecule has 23 heavy (non-hydrogen) atoms. The van der Waals surface area contributed by atoms with Gasteiger partial charge in [-0.3, -0.25) is 4.79 Å². The van der Waals surface area contributed by atoms with Gasteiger partial charge in [0.1, 0.15) is 5.82 Å². The number of halogens is 2. The Morgan fingerprint density at radius 1 is 1.30 bits per heavy atom. The van der Waals surface area contributed by atoms with Crippen molar-refractivity contribution >= 4 is 27.5 Å². The van der Waals surface area contributed by atoms with Gasteiger partial charge in [-0.05, 0) is 29.8 Å². The predicted octanol–water partition coefficient (Wildman–Crippen LogP) is 3.40. The minimum absolute atomic E-state index is 0.233. The van der Waals surface area contributed by atoms with Gasteiger partial charge < -0.3 is 10.2 Å². The van der Waals surface area contributed by atoms with Gasteiger partial charge in [-0.25, -0.2) is 4.39 Å². The number of hydrogen-bond acceptors (Lipinski definition) is 3. The first kappa shape index (κ1) is 15.7. The van der Waals surface area contributed by atoms with E-state index in [2.05, 4.69) is 26.4 Å². The maximum atomic E-state index is 12.8. The van der Waals surface area contributed by atoms with Crippen molar-refractivity contribution in [2.24, 2.45) is 5.16 Å². The summed E-state index contributed by atoms with van der Waals surface area (Å²) in [5.74, 6) is -0.533. The molecule has 0 bridgehead atoms. The van der Waals surface area contributed by atoms with Gasteiger partial charge in [-0.2, -0.15) is 0 Å². The van der Waals surface area contributed by atoms with Gasteiger partial charge in [0.15, 0.2) is 0 Å². The lowest BCUT2D eigenvalue weighted by atomic mass is 10.0. The Morgan fingerprint density at radius 2 is 2.09 bits per heavy atom. The summed E-state index contributed by atoms with van der Waals surface area (Å²) in [6.07, 6.45) is -0.212. The molecule has 1 aliphatic heterocycles. The summed E-state index contributed by atoms with van der Waals surface area (Å²) < 4.78 is 13.8. The van der Waals surface area contributed by atoms with Crippen LogP contribution in [0.5, 0.6) is 0 Å². The smallest absolute Gasteiger partial charge is 0.264 e. The Kier molecular flexibility index (Phi) is 4.71. The Balaban J connectivity index is 1.55. The van der Waals surface area contributed by atoms with Crippen molar-refractivity contribution in [2.45, 2.75) is 19.1 Å². The van der Waals surface area contributed by atoms with Crippen LogP contribution in [0.25, 0.3) is 0 Å². The molecular weight excluding hydrogens is 363 g/mol. The first-order chi connectivity index (χ1) is 11.1. The number of benzene rings is 2. The van der Waals surface area contributed by atoms with Crippen LogP contribution in [0.15, 0.2) is 58.2 Å². The van der Waals surface area contributed by atoms with E-state index in [1.807, 2.05) is 24.3 Å². The summed E-state index contributed by atoms with van der Waals surface area (Å²) in [4.78, 5) is 17.4. The lowest BCUT2D eigenvalue weighted by Crippen LogP contribution is -2.34. The summed E-state index contributed by atoms with van der Waals surface area (Å²) in [7, 11) is 0. The fourth-order valence-corrected chi connectivity index (χ4v) is 2.66. The number of carbonyl (C=O) groups excluding carboxylic acids is 1. The van der Waals surface area contributed by atoms with Gasteiger partial charge in [-0.1, -0.05) is 45.4 Å². The van der Waals surface area contributed by atoms with E-state index in [-0.39, 0.29) is 11.7 Å². The average molecular weight is 377 g/mol. The molecule has 2 aromatic rings. The molecular formula is C17H14BrFN2O2. The van der Waals surface area contributed by atoms with E-state index in [0.29, 0.717) is 13.0 Å². The maximum absolute atomic E-state index is 12.8. The minimum atomic E-state index is -0.635. The Morgan fingerprint density at radius 3 is 2.83 bits per heavy atom. The van der Waals surface area contributed by atoms with Gasteiger partial charge in [-0.15, -0.1) is 0 Å². The van der Waals surface area contributed by atoms with Crippen LogP contribution in [0.4, 0.5) is 4.39 Å². The van der Waals surface area contributed by atoms with E-state index in [9.17, 15) is 9.18 Å². The number of carbonyl (C=O) groups is 1. The van der Waals surface area contributed by atoms with Gasteiger partial charge in [0, 0.05) is 23.0 Å². The highest BCUT2D eigenvalue weighted by atomic mass is 79.9. The first-order valence-corrected chi connectivity index (χ1v) is 7.92. The molecule has 0 aliphatic carbocycles. The molecule has 1 amide bonds. The van der Waals surface area contributed by atoms with Crippen LogP contribution in [-0.4, -0.2) is 17.7 Å². The quantitative estimate of drug-likeness (QED) is 0.888. The highest BCUT2D eigenvalue weighted by molar-refractivity contribution is 9.10. The van der Waals surface area contributed by atoms with Crippen LogP contribution in [0.1, 0.15) is 17.5 Å². The lowest BCUT2D eigenvalue weighted by molar-refractivity contribution is -0.131. The van der Waals surface area contributed by atoms with Crippen molar-refractivity contribution in [1.82, 2.24) is 5.32 Å². The molecule has 6 heteroatoms. The molecule has 1 unspecified atom stereocenters. The van der Waals surface area contributed by atoms with E-state index < -0.39 is 6.10 Å². The Labute approximate surface area is 141 Å². The summed E-state index contributed by atoms with van der Waals surface area (Å²) >= 11 is 3.41. The minimum Gasteiger partial charge on any atom is -0.382 e. The summed E-state index contributed by atoms with van der Waals surface area (Å²) in [5.41, 5.74) is 2.49. The van der Waals surface area contributed by atoms with Crippen LogP contribution in [0.2, 0.25) is 0 Å². The second kappa shape index (κ2) is 6.91. The van der Waals surface area contributed by atoms with E-state index in [0.717, 1.165) is 21.3 Å². The number of nitrogens with one attached hydrogen (secondary N) is 1. The molecule has 0 fully saturated rings. The van der Waals surface area contributed by atoms with Gasteiger partial charge >= 0.3 is 0 Å². The molecule has 1 heterocycles. The number of nitrogens with zero attached hydrogens (tertiary/aromatic N) is 1. The summed E-state index contributed by atoms with van der Waals surface area (Å²) in [5, 5.41) is 6.78. The standard InChI is InChI=1S/C17H14BrFN2O2/c18-13-3-1-2-12(8-13)15-9-16(23-21-15)17(22)20-10-11-4-6-14(19)7-5-11/h1-8,16H,9-10H2,(H,20,22). The van der Waals surface area contributed by atoms with Crippen molar-refractivity contribution in [3.63, 3.8) is 0 Å². The molecule has 118 valence electrons. The zero-order valence-electron chi connectivity index (χ0n) is 12.1. The van der Waals surface area contributed by atoms with Crippen LogP contribution in [-0.2, 0) is 16.2 Å². The van der Waals surface area contributed by atoms with E-state index >= 15 is 0 Å². The molecule has 1 aliphatic rings. The topological polar surface area (TPSA) is 50.7 Å². The normalized spacial score (nSPS) is 16.6. The first-order valence-electron chi connectivity index (χ1n) is 7.12. The SMILES string of the molecule is O=C(NCc1ccc(F)cc1)C1CC(c2cccc(Br)c2)=NO1. The largest absolute Gasteiger partial charge is 0.382 e. The fourth-order valence-electron chi connectivity index (χ4n) is 2.26. The zero-order chi connectivity index (χ0) is 16.2. The zero-order valence-corrected chi connectivity index (χ0v) is 13.7. The predicted molar refractivity (Wildman–Crippen MR) is 88.4 cm³/mol. The molecule has 0 radical (unpaired) electrons. The van der Waals surface area contributed by atoms with Gasteiger partial charge in [0.2, 0.25) is 6.10 Å². The third kappa shape index (κ3) is 3.96. The summed E-state index contributed by atoms with van der Waals surface area (Å²) in [6, 6.07) is 13.7. The highest BCUT2D eigenvalue weighted by Crippen LogP contribution is 2.20. The molecule has 0 saturated heterocycles. The third-order valence-electron chi connectivity index (χ3n) is 3.50. The van der Waals surface area contributed by atoms with Crippen molar-refractivity contribution in [1.29, 1.82) is 0 Å². The van der Waals surface area contributed by atoms with Gasteiger partial charge in [0.25, 0.3) is 5.91 Å². The molecule has 1 N–H and O–H groups in total. The number of amides is 1. The molecule has 4 nitrogen and oxygen atoms in total. The van der Waals surface area contributed by atoms with Crippen LogP contribution in [0.3, 0.4) is 0 Å². The molecule has 0 saturated carbocycles.